The fraction of sp³-hybridized carbons (Fsp3) is 0.444. The van der Waals surface area contributed by atoms with Gasteiger partial charge in [0, 0.05) is 33.1 Å². The average molecular weight is 372 g/mol. The number of rotatable bonds is 4. The molecule has 0 spiro atoms. The van der Waals surface area contributed by atoms with Crippen LogP contribution in [0, 0.1) is 0 Å². The number of ether oxygens (including phenoxy) is 1. The van der Waals surface area contributed by atoms with Crippen molar-refractivity contribution >= 4 is 45.4 Å². The molecule has 3 rings (SSSR count). The van der Waals surface area contributed by atoms with Gasteiger partial charge in [-0.1, -0.05) is 23.3 Å². The van der Waals surface area contributed by atoms with Gasteiger partial charge < -0.3 is 9.64 Å². The normalized spacial score (nSPS) is 14.4. The van der Waals surface area contributed by atoms with Crippen LogP contribution in [-0.4, -0.2) is 25.1 Å². The lowest BCUT2D eigenvalue weighted by Gasteiger charge is -2.14. The molecule has 0 radical (unpaired) electrons. The average Bonchev–Trinajstić information content (AvgIpc) is 2.69. The van der Waals surface area contributed by atoms with Crippen molar-refractivity contribution in [3.63, 3.8) is 0 Å². The maximum atomic E-state index is 6.45. The van der Waals surface area contributed by atoms with Crippen LogP contribution in [0.4, 0.5) is 0 Å². The quantitative estimate of drug-likeness (QED) is 0.523. The predicted octanol–water partition coefficient (Wildman–Crippen LogP) is 5.45. The first kappa shape index (κ1) is 18.8. The molecular formula is C18H23Cl2NOS. The van der Waals surface area contributed by atoms with Gasteiger partial charge in [-0.15, -0.1) is 23.7 Å². The van der Waals surface area contributed by atoms with Gasteiger partial charge in [0.05, 0.1) is 13.2 Å². The monoisotopic (exact) mass is 371 g/mol. The van der Waals surface area contributed by atoms with Crippen molar-refractivity contribution in [3.8, 4) is 0 Å². The number of hydrogen-bond acceptors (Lipinski definition) is 3. The molecule has 0 unspecified atom stereocenters. The standard InChI is InChI=1S/C18H22ClNOS.ClH/c1-12(2)7-9-21-11-17-14-10-20(3)8-6-13-15(19)4-5-16(22-17)18(13)14;/h4-5,7H,6,8-11H2,1-3H3;1H. The number of likely N-dealkylation sites (N-methyl/N-ethyl adjacent to an activating group) is 1. The zero-order valence-corrected chi connectivity index (χ0v) is 16.2. The number of halogens is 2. The summed E-state index contributed by atoms with van der Waals surface area (Å²) in [5.74, 6) is 0. The summed E-state index contributed by atoms with van der Waals surface area (Å²) < 4.78 is 7.19. The highest BCUT2D eigenvalue weighted by molar-refractivity contribution is 7.19. The Morgan fingerprint density at radius 2 is 2.13 bits per heavy atom. The zero-order valence-electron chi connectivity index (χ0n) is 13.8. The summed E-state index contributed by atoms with van der Waals surface area (Å²) in [7, 11) is 2.18. The third kappa shape index (κ3) is 4.09. The second kappa shape index (κ2) is 8.00. The Morgan fingerprint density at radius 1 is 1.35 bits per heavy atom. The molecule has 1 aliphatic rings. The van der Waals surface area contributed by atoms with Crippen molar-refractivity contribution < 1.29 is 4.74 Å². The summed E-state index contributed by atoms with van der Waals surface area (Å²) in [5, 5.41) is 2.28. The van der Waals surface area contributed by atoms with Gasteiger partial charge >= 0.3 is 0 Å². The van der Waals surface area contributed by atoms with Crippen molar-refractivity contribution in [1.29, 1.82) is 0 Å². The van der Waals surface area contributed by atoms with Gasteiger partial charge in [0.1, 0.15) is 0 Å². The minimum absolute atomic E-state index is 0. The van der Waals surface area contributed by atoms with E-state index in [2.05, 4.69) is 37.9 Å². The van der Waals surface area contributed by atoms with Crippen LogP contribution in [0.15, 0.2) is 23.8 Å². The van der Waals surface area contributed by atoms with E-state index in [0.717, 1.165) is 24.5 Å². The molecule has 1 aromatic carbocycles. The Balaban J connectivity index is 0.00000192. The molecule has 0 N–H and O–H groups in total. The molecule has 2 aromatic rings. The van der Waals surface area contributed by atoms with Crippen LogP contribution in [0.5, 0.6) is 0 Å². The molecule has 23 heavy (non-hydrogen) atoms. The fourth-order valence-corrected chi connectivity index (χ4v) is 4.34. The summed E-state index contributed by atoms with van der Waals surface area (Å²) in [6.07, 6.45) is 3.15. The first-order chi connectivity index (χ1) is 10.6. The maximum absolute atomic E-state index is 6.45. The topological polar surface area (TPSA) is 12.5 Å². The number of benzene rings is 1. The van der Waals surface area contributed by atoms with Gasteiger partial charge in [-0.2, -0.15) is 0 Å². The Hall–Kier alpha value is -0.580. The Morgan fingerprint density at radius 3 is 2.87 bits per heavy atom. The Labute approximate surface area is 153 Å². The molecule has 0 bridgehead atoms. The van der Waals surface area contributed by atoms with Crippen molar-refractivity contribution in [1.82, 2.24) is 4.90 Å². The van der Waals surface area contributed by atoms with Crippen molar-refractivity contribution in [2.45, 2.75) is 33.4 Å². The molecule has 0 atom stereocenters. The second-order valence-corrected chi connectivity index (χ2v) is 7.73. The molecule has 2 heterocycles. The molecule has 0 amide bonds. The highest BCUT2D eigenvalue weighted by Crippen LogP contribution is 2.39. The third-order valence-corrected chi connectivity index (χ3v) is 5.63. The van der Waals surface area contributed by atoms with Gasteiger partial charge in [0.15, 0.2) is 0 Å². The van der Waals surface area contributed by atoms with Crippen molar-refractivity contribution in [2.24, 2.45) is 0 Å². The van der Waals surface area contributed by atoms with Crippen LogP contribution in [0.3, 0.4) is 0 Å². The maximum Gasteiger partial charge on any atom is 0.0817 e. The number of nitrogens with zero attached hydrogens (tertiary/aromatic N) is 1. The minimum atomic E-state index is 0. The van der Waals surface area contributed by atoms with E-state index >= 15 is 0 Å². The summed E-state index contributed by atoms with van der Waals surface area (Å²) in [5.41, 5.74) is 4.02. The van der Waals surface area contributed by atoms with Gasteiger partial charge in [-0.3, -0.25) is 0 Å². The van der Waals surface area contributed by atoms with E-state index in [-0.39, 0.29) is 12.4 Å². The Bertz CT molecular complexity index is 719. The first-order valence-electron chi connectivity index (χ1n) is 7.67. The number of hydrogen-bond donors (Lipinski definition) is 0. The molecule has 0 saturated carbocycles. The molecule has 1 aromatic heterocycles. The van der Waals surface area contributed by atoms with Crippen LogP contribution >= 0.6 is 35.3 Å². The summed E-state index contributed by atoms with van der Waals surface area (Å²) in [6, 6.07) is 4.19. The minimum Gasteiger partial charge on any atom is -0.372 e. The van der Waals surface area contributed by atoms with E-state index in [1.165, 1.54) is 31.7 Å². The van der Waals surface area contributed by atoms with Gasteiger partial charge in [-0.25, -0.2) is 0 Å². The lowest BCUT2D eigenvalue weighted by molar-refractivity contribution is 0.149. The molecule has 1 aliphatic heterocycles. The van der Waals surface area contributed by atoms with E-state index in [9.17, 15) is 0 Å². The molecular weight excluding hydrogens is 349 g/mol. The van der Waals surface area contributed by atoms with Gasteiger partial charge in [0.25, 0.3) is 0 Å². The van der Waals surface area contributed by atoms with Crippen LogP contribution in [0.25, 0.3) is 10.1 Å². The van der Waals surface area contributed by atoms with Crippen LogP contribution in [-0.2, 0) is 24.3 Å². The van der Waals surface area contributed by atoms with Crippen LogP contribution in [0.2, 0.25) is 5.02 Å². The molecule has 126 valence electrons. The van der Waals surface area contributed by atoms with Crippen molar-refractivity contribution in [3.05, 3.63) is 44.8 Å². The first-order valence-corrected chi connectivity index (χ1v) is 8.87. The lowest BCUT2D eigenvalue weighted by atomic mass is 10.0. The third-order valence-electron chi connectivity index (χ3n) is 4.10. The van der Waals surface area contributed by atoms with E-state index in [0.29, 0.717) is 13.2 Å². The molecule has 0 saturated heterocycles. The molecule has 5 heteroatoms. The number of allylic oxidation sites excluding steroid dienone is 1. The van der Waals surface area contributed by atoms with E-state index in [4.69, 9.17) is 16.3 Å². The molecule has 2 nitrogen and oxygen atoms in total. The van der Waals surface area contributed by atoms with Gasteiger partial charge in [0.2, 0.25) is 0 Å². The van der Waals surface area contributed by atoms with Gasteiger partial charge in [-0.05, 0) is 50.6 Å². The second-order valence-electron chi connectivity index (χ2n) is 6.19. The van der Waals surface area contributed by atoms with Crippen molar-refractivity contribution in [2.75, 3.05) is 20.2 Å². The highest BCUT2D eigenvalue weighted by Gasteiger charge is 2.21. The Kier molecular flexibility index (Phi) is 6.52. The van der Waals surface area contributed by atoms with E-state index < -0.39 is 0 Å². The molecule has 0 aliphatic carbocycles. The van der Waals surface area contributed by atoms with Crippen LogP contribution in [0.1, 0.15) is 29.9 Å². The SMILES string of the molecule is CC(C)=CCOCc1sc2ccc(Cl)c3c2c1CN(C)CC3.Cl. The molecule has 0 fully saturated rings. The lowest BCUT2D eigenvalue weighted by Crippen LogP contribution is -2.19. The number of thiophene rings is 1. The zero-order chi connectivity index (χ0) is 15.7. The van der Waals surface area contributed by atoms with Crippen LogP contribution < -0.4 is 0 Å². The highest BCUT2D eigenvalue weighted by atomic mass is 35.5. The largest absolute Gasteiger partial charge is 0.372 e. The van der Waals surface area contributed by atoms with E-state index in [1.807, 2.05) is 17.4 Å². The smallest absolute Gasteiger partial charge is 0.0817 e. The summed E-state index contributed by atoms with van der Waals surface area (Å²) in [6.45, 7) is 7.59. The summed E-state index contributed by atoms with van der Waals surface area (Å²) >= 11 is 8.30. The fourth-order valence-electron chi connectivity index (χ4n) is 2.91. The van der Waals surface area contributed by atoms with E-state index in [1.54, 1.807) is 0 Å². The summed E-state index contributed by atoms with van der Waals surface area (Å²) in [4.78, 5) is 3.71. The predicted molar refractivity (Wildman–Crippen MR) is 103 cm³/mol.